The van der Waals surface area contributed by atoms with Gasteiger partial charge in [-0.2, -0.15) is 0 Å². The predicted octanol–water partition coefficient (Wildman–Crippen LogP) is 3.72. The zero-order valence-corrected chi connectivity index (χ0v) is 16.2. The highest BCUT2D eigenvalue weighted by Gasteiger charge is 2.13. The van der Waals surface area contributed by atoms with Gasteiger partial charge in [-0.25, -0.2) is 0 Å². The monoisotopic (exact) mass is 406 g/mol. The van der Waals surface area contributed by atoms with E-state index in [1.807, 2.05) is 54.6 Å². The van der Waals surface area contributed by atoms with Gasteiger partial charge in [0.15, 0.2) is 0 Å². The zero-order chi connectivity index (χ0) is 21.3. The average molecular weight is 406 g/mol. The Hall–Kier alpha value is -3.91. The minimum atomic E-state index is -0.503. The van der Waals surface area contributed by atoms with Crippen molar-refractivity contribution in [1.29, 1.82) is 0 Å². The van der Waals surface area contributed by atoms with Crippen LogP contribution in [0.15, 0.2) is 72.8 Å². The molecule has 8 heteroatoms. The molecule has 0 heterocycles. The largest absolute Gasteiger partial charge is 0.395 e. The first-order valence-corrected chi connectivity index (χ1v) is 9.40. The fourth-order valence-electron chi connectivity index (χ4n) is 2.97. The molecule has 0 aromatic heterocycles. The fourth-order valence-corrected chi connectivity index (χ4v) is 2.97. The summed E-state index contributed by atoms with van der Waals surface area (Å²) in [5.41, 5.74) is 3.42. The number of hydrogen-bond donors (Lipinski definition) is 4. The SMILES string of the molecule is O=C(CNc1cc([N+](=O)[O-])ccc1NCCO)Nc1ccccc1-c1ccccc1. The number of nitrogens with zero attached hydrogens (tertiary/aromatic N) is 1. The van der Waals surface area contributed by atoms with Crippen LogP contribution < -0.4 is 16.0 Å². The molecule has 0 aliphatic heterocycles. The Morgan fingerprint density at radius 3 is 2.37 bits per heavy atom. The predicted molar refractivity (Wildman–Crippen MR) is 118 cm³/mol. The van der Waals surface area contributed by atoms with Crippen LogP contribution in [0.5, 0.6) is 0 Å². The number of non-ortho nitro benzene ring substituents is 1. The van der Waals surface area contributed by atoms with Gasteiger partial charge in [-0.15, -0.1) is 0 Å². The Balaban J connectivity index is 1.72. The van der Waals surface area contributed by atoms with Crippen molar-refractivity contribution in [2.24, 2.45) is 0 Å². The van der Waals surface area contributed by atoms with Gasteiger partial charge in [0.25, 0.3) is 5.69 Å². The van der Waals surface area contributed by atoms with Gasteiger partial charge in [0.05, 0.1) is 29.4 Å². The number of para-hydroxylation sites is 1. The van der Waals surface area contributed by atoms with E-state index in [0.29, 0.717) is 17.1 Å². The average Bonchev–Trinajstić information content (AvgIpc) is 2.77. The number of carbonyl (C=O) groups is 1. The van der Waals surface area contributed by atoms with Crippen LogP contribution in [0.4, 0.5) is 22.7 Å². The van der Waals surface area contributed by atoms with Crippen LogP contribution in [-0.4, -0.2) is 35.6 Å². The molecule has 4 N–H and O–H groups in total. The first-order valence-electron chi connectivity index (χ1n) is 9.40. The molecular weight excluding hydrogens is 384 g/mol. The highest BCUT2D eigenvalue weighted by atomic mass is 16.6. The smallest absolute Gasteiger partial charge is 0.271 e. The van der Waals surface area contributed by atoms with E-state index in [1.54, 1.807) is 6.07 Å². The van der Waals surface area contributed by atoms with E-state index in [4.69, 9.17) is 5.11 Å². The van der Waals surface area contributed by atoms with E-state index in [9.17, 15) is 14.9 Å². The lowest BCUT2D eigenvalue weighted by molar-refractivity contribution is -0.384. The van der Waals surface area contributed by atoms with E-state index < -0.39 is 4.92 Å². The Labute approximate surface area is 173 Å². The lowest BCUT2D eigenvalue weighted by atomic mass is 10.0. The third kappa shape index (κ3) is 5.33. The number of rotatable bonds is 9. The second-order valence-electron chi connectivity index (χ2n) is 6.45. The van der Waals surface area contributed by atoms with Crippen molar-refractivity contribution in [1.82, 2.24) is 0 Å². The standard InChI is InChI=1S/C22H22N4O4/c27-13-12-23-20-11-10-17(26(29)30)14-21(20)24-15-22(28)25-19-9-5-4-8-18(19)16-6-2-1-3-7-16/h1-11,14,23-24,27H,12-13,15H2,(H,25,28). The molecule has 0 atom stereocenters. The third-order valence-corrected chi connectivity index (χ3v) is 4.37. The van der Waals surface area contributed by atoms with Crippen LogP contribution in [0, 0.1) is 10.1 Å². The summed E-state index contributed by atoms with van der Waals surface area (Å²) in [6.45, 7) is 0.106. The molecule has 0 radical (unpaired) electrons. The molecule has 3 rings (SSSR count). The maximum Gasteiger partial charge on any atom is 0.271 e. The molecule has 0 spiro atoms. The van der Waals surface area contributed by atoms with E-state index in [1.165, 1.54) is 12.1 Å². The van der Waals surface area contributed by atoms with Gasteiger partial charge >= 0.3 is 0 Å². The van der Waals surface area contributed by atoms with Crippen molar-refractivity contribution >= 4 is 28.7 Å². The Bertz CT molecular complexity index is 1020. The second-order valence-corrected chi connectivity index (χ2v) is 6.45. The van der Waals surface area contributed by atoms with Crippen molar-refractivity contribution < 1.29 is 14.8 Å². The minimum absolute atomic E-state index is 0.0852. The van der Waals surface area contributed by atoms with Crippen LogP contribution in [0.1, 0.15) is 0 Å². The van der Waals surface area contributed by atoms with E-state index >= 15 is 0 Å². The van der Waals surface area contributed by atoms with E-state index in [0.717, 1.165) is 11.1 Å². The lowest BCUT2D eigenvalue weighted by Gasteiger charge is -2.14. The molecule has 1 amide bonds. The second kappa shape index (κ2) is 10.0. The van der Waals surface area contributed by atoms with Gasteiger partial charge in [0, 0.05) is 29.9 Å². The van der Waals surface area contributed by atoms with Crippen LogP contribution >= 0.6 is 0 Å². The molecule has 8 nitrogen and oxygen atoms in total. The molecule has 0 saturated heterocycles. The van der Waals surface area contributed by atoms with Gasteiger partial charge in [-0.05, 0) is 17.7 Å². The molecule has 154 valence electrons. The minimum Gasteiger partial charge on any atom is -0.395 e. The normalized spacial score (nSPS) is 10.3. The molecule has 0 bridgehead atoms. The summed E-state index contributed by atoms with van der Waals surface area (Å²) in [6, 6.07) is 21.5. The maximum absolute atomic E-state index is 12.5. The Morgan fingerprint density at radius 2 is 1.63 bits per heavy atom. The number of hydrogen-bond acceptors (Lipinski definition) is 6. The third-order valence-electron chi connectivity index (χ3n) is 4.37. The summed E-state index contributed by atoms with van der Waals surface area (Å²) in [5.74, 6) is -0.294. The van der Waals surface area contributed by atoms with Crippen molar-refractivity contribution in [3.05, 3.63) is 82.9 Å². The number of anilines is 3. The molecule has 3 aromatic rings. The number of aliphatic hydroxyl groups is 1. The summed E-state index contributed by atoms with van der Waals surface area (Å²) in [4.78, 5) is 23.1. The van der Waals surface area contributed by atoms with Gasteiger partial charge in [0.2, 0.25) is 5.91 Å². The summed E-state index contributed by atoms with van der Waals surface area (Å²) >= 11 is 0. The molecule has 0 aliphatic carbocycles. The van der Waals surface area contributed by atoms with Crippen molar-refractivity contribution in [3.8, 4) is 11.1 Å². The summed E-state index contributed by atoms with van der Waals surface area (Å²) in [7, 11) is 0. The topological polar surface area (TPSA) is 117 Å². The number of nitrogens with one attached hydrogen (secondary N) is 3. The van der Waals surface area contributed by atoms with Gasteiger partial charge < -0.3 is 21.1 Å². The number of benzene rings is 3. The van der Waals surface area contributed by atoms with Gasteiger partial charge in [-0.1, -0.05) is 48.5 Å². The van der Waals surface area contributed by atoms with Crippen molar-refractivity contribution in [3.63, 3.8) is 0 Å². The zero-order valence-electron chi connectivity index (χ0n) is 16.2. The van der Waals surface area contributed by atoms with Crippen molar-refractivity contribution in [2.75, 3.05) is 35.6 Å². The van der Waals surface area contributed by atoms with Crippen LogP contribution in [-0.2, 0) is 4.79 Å². The molecular formula is C22H22N4O4. The summed E-state index contributed by atoms with van der Waals surface area (Å²) in [6.07, 6.45) is 0. The lowest BCUT2D eigenvalue weighted by Crippen LogP contribution is -2.22. The summed E-state index contributed by atoms with van der Waals surface area (Å²) < 4.78 is 0. The van der Waals surface area contributed by atoms with Crippen LogP contribution in [0.2, 0.25) is 0 Å². The number of nitro groups is 1. The Morgan fingerprint density at radius 1 is 0.900 bits per heavy atom. The number of amides is 1. The fraction of sp³-hybridized carbons (Fsp3) is 0.136. The highest BCUT2D eigenvalue weighted by molar-refractivity contribution is 5.98. The molecule has 3 aromatic carbocycles. The molecule has 0 saturated carbocycles. The first-order chi connectivity index (χ1) is 14.6. The molecule has 0 aliphatic rings. The Kier molecular flexibility index (Phi) is 6.96. The van der Waals surface area contributed by atoms with Gasteiger partial charge in [0.1, 0.15) is 0 Å². The number of carbonyl (C=O) groups excluding carboxylic acids is 1. The van der Waals surface area contributed by atoms with Crippen molar-refractivity contribution in [2.45, 2.75) is 0 Å². The van der Waals surface area contributed by atoms with E-state index in [-0.39, 0.29) is 31.3 Å². The first kappa shape index (κ1) is 20.8. The number of nitro benzene ring substituents is 1. The van der Waals surface area contributed by atoms with Crippen LogP contribution in [0.3, 0.4) is 0 Å². The number of aliphatic hydroxyl groups excluding tert-OH is 1. The molecule has 30 heavy (non-hydrogen) atoms. The quantitative estimate of drug-likeness (QED) is 0.318. The van der Waals surface area contributed by atoms with E-state index in [2.05, 4.69) is 16.0 Å². The van der Waals surface area contributed by atoms with Gasteiger partial charge in [-0.3, -0.25) is 14.9 Å². The highest BCUT2D eigenvalue weighted by Crippen LogP contribution is 2.28. The van der Waals surface area contributed by atoms with Crippen LogP contribution in [0.25, 0.3) is 11.1 Å². The summed E-state index contributed by atoms with van der Waals surface area (Å²) in [5, 5.41) is 28.9. The maximum atomic E-state index is 12.5. The molecule has 0 unspecified atom stereocenters. The molecule has 0 fully saturated rings.